The Kier molecular flexibility index (Phi) is 14.3. The lowest BCUT2D eigenvalue weighted by atomic mass is 9.96. The standard InChI is InChI=1S/C98H56N8O4/c1-3-13-57(14-4-1)60-31-37-67(38-32-60)92-102-94(74-44-35-58-15-7-9-19-69(58)50-74)104-95(103-92)75-47-48-84-79(53-75)80-54-86-82(56-85(80)107-84)99-97(109-86)76-46-43-72-49-71(41-42-73(72)52-76)65-29-27-63(28-30-65)61-23-25-62(26-24-61)64-33-39-68(40-34-64)93-101-91(66-17-5-2-6-18-66)105-96(106-93)88-89-87(55-81-78-21-11-12-22-83(78)108-90(81)88)110-98(100-89)77-45-36-59-16-8-10-20-70(59)51-77/h1-56H. The number of rotatable bonds is 12. The zero-order valence-corrected chi connectivity index (χ0v) is 58.5. The van der Waals surface area contributed by atoms with E-state index in [9.17, 15) is 0 Å². The van der Waals surface area contributed by atoms with Crippen LogP contribution in [0.15, 0.2) is 357 Å². The van der Waals surface area contributed by atoms with Gasteiger partial charge in [-0.25, -0.2) is 39.9 Å². The fourth-order valence-corrected chi connectivity index (χ4v) is 15.3. The molecule has 0 bridgehead atoms. The van der Waals surface area contributed by atoms with Gasteiger partial charge >= 0.3 is 0 Å². The van der Waals surface area contributed by atoms with Gasteiger partial charge in [-0.1, -0.05) is 261 Å². The van der Waals surface area contributed by atoms with Gasteiger partial charge in [0, 0.05) is 66.6 Å². The highest BCUT2D eigenvalue weighted by molar-refractivity contribution is 6.16. The molecule has 22 rings (SSSR count). The monoisotopic (exact) mass is 1410 g/mol. The van der Waals surface area contributed by atoms with Gasteiger partial charge in [0.2, 0.25) is 11.8 Å². The van der Waals surface area contributed by atoms with E-state index in [-0.39, 0.29) is 0 Å². The maximum Gasteiger partial charge on any atom is 0.227 e. The van der Waals surface area contributed by atoms with Crippen molar-refractivity contribution in [2.75, 3.05) is 0 Å². The topological polar surface area (TPSA) is 156 Å². The molecule has 6 aromatic heterocycles. The first-order valence-corrected chi connectivity index (χ1v) is 36.5. The number of benzene rings is 16. The summed E-state index contributed by atoms with van der Waals surface area (Å²) < 4.78 is 26.5. The summed E-state index contributed by atoms with van der Waals surface area (Å²) in [6, 6.07) is 117. The number of hydrogen-bond acceptors (Lipinski definition) is 12. The number of aromatic nitrogens is 8. The predicted molar refractivity (Wildman–Crippen MR) is 441 cm³/mol. The third-order valence-electron chi connectivity index (χ3n) is 21.0. The summed E-state index contributed by atoms with van der Waals surface area (Å²) in [6.45, 7) is 0. The summed E-state index contributed by atoms with van der Waals surface area (Å²) in [5, 5.41) is 10.3. The second-order valence-electron chi connectivity index (χ2n) is 27.8. The maximum atomic E-state index is 6.72. The molecule has 0 saturated heterocycles. The lowest BCUT2D eigenvalue weighted by Crippen LogP contribution is -2.01. The molecule has 6 heterocycles. The minimum atomic E-state index is 0.423. The van der Waals surface area contributed by atoms with Gasteiger partial charge in [-0.3, -0.25) is 0 Å². The summed E-state index contributed by atoms with van der Waals surface area (Å²) in [4.78, 5) is 41.2. The van der Waals surface area contributed by atoms with Crippen molar-refractivity contribution in [3.8, 4) is 136 Å². The summed E-state index contributed by atoms with van der Waals surface area (Å²) in [6.07, 6.45) is 0. The van der Waals surface area contributed by atoms with Crippen molar-refractivity contribution in [2.24, 2.45) is 0 Å². The third kappa shape index (κ3) is 11.0. The minimum Gasteiger partial charge on any atom is -0.456 e. The molecule has 22 aromatic rings. The lowest BCUT2D eigenvalue weighted by molar-refractivity contribution is 0.620. The smallest absolute Gasteiger partial charge is 0.227 e. The van der Waals surface area contributed by atoms with E-state index in [1.807, 2.05) is 109 Å². The fourth-order valence-electron chi connectivity index (χ4n) is 15.3. The first kappa shape index (κ1) is 62.3. The minimum absolute atomic E-state index is 0.423. The lowest BCUT2D eigenvalue weighted by Gasteiger charge is -2.10. The maximum absolute atomic E-state index is 6.72. The van der Waals surface area contributed by atoms with Gasteiger partial charge in [-0.05, 0) is 150 Å². The van der Waals surface area contributed by atoms with E-state index in [4.69, 9.17) is 57.5 Å². The zero-order valence-electron chi connectivity index (χ0n) is 58.5. The number of para-hydroxylation sites is 1. The van der Waals surface area contributed by atoms with Crippen LogP contribution >= 0.6 is 0 Å². The van der Waals surface area contributed by atoms with Crippen LogP contribution in [0.2, 0.25) is 0 Å². The molecule has 512 valence electrons. The average molecular weight is 1410 g/mol. The Hall–Kier alpha value is -15.1. The number of fused-ring (bicyclic) bond motifs is 11. The molecule has 16 aromatic carbocycles. The zero-order chi connectivity index (χ0) is 72.3. The van der Waals surface area contributed by atoms with E-state index in [0.717, 1.165) is 148 Å². The van der Waals surface area contributed by atoms with Gasteiger partial charge < -0.3 is 17.7 Å². The Morgan fingerprint density at radius 1 is 0.173 bits per heavy atom. The molecule has 0 aliphatic carbocycles. The number of oxazole rings is 2. The molecule has 0 amide bonds. The van der Waals surface area contributed by atoms with Crippen LogP contribution in [0.4, 0.5) is 0 Å². The summed E-state index contributed by atoms with van der Waals surface area (Å²) >= 11 is 0. The van der Waals surface area contributed by atoms with E-state index in [1.54, 1.807) is 0 Å². The highest BCUT2D eigenvalue weighted by Gasteiger charge is 2.26. The second-order valence-corrected chi connectivity index (χ2v) is 27.8. The van der Waals surface area contributed by atoms with Crippen LogP contribution in [-0.4, -0.2) is 39.9 Å². The predicted octanol–water partition coefficient (Wildman–Crippen LogP) is 25.6. The molecule has 0 fully saturated rings. The average Bonchev–Trinajstić information content (AvgIpc) is 1.56. The van der Waals surface area contributed by atoms with Crippen LogP contribution in [0.25, 0.3) is 234 Å². The van der Waals surface area contributed by atoms with Crippen LogP contribution < -0.4 is 0 Å². The molecule has 0 N–H and O–H groups in total. The Bertz CT molecular complexity index is 7440. The first-order chi connectivity index (χ1) is 54.4. The Morgan fingerprint density at radius 2 is 0.536 bits per heavy atom. The highest BCUT2D eigenvalue weighted by Crippen LogP contribution is 2.44. The van der Waals surface area contributed by atoms with Gasteiger partial charge in [0.15, 0.2) is 46.1 Å². The third-order valence-corrected chi connectivity index (χ3v) is 21.0. The molecular formula is C98H56N8O4. The molecule has 0 unspecified atom stereocenters. The largest absolute Gasteiger partial charge is 0.456 e. The quantitative estimate of drug-likeness (QED) is 0.114. The molecule has 0 atom stereocenters. The van der Waals surface area contributed by atoms with Crippen molar-refractivity contribution in [2.45, 2.75) is 0 Å². The molecule has 0 spiro atoms. The molecule has 0 radical (unpaired) electrons. The van der Waals surface area contributed by atoms with Crippen LogP contribution in [0, 0.1) is 0 Å². The van der Waals surface area contributed by atoms with E-state index in [2.05, 4.69) is 231 Å². The van der Waals surface area contributed by atoms with Gasteiger partial charge in [0.05, 0.1) is 5.56 Å². The van der Waals surface area contributed by atoms with Gasteiger partial charge in [-0.2, -0.15) is 0 Å². The molecule has 12 heteroatoms. The van der Waals surface area contributed by atoms with E-state index in [1.165, 1.54) is 0 Å². The van der Waals surface area contributed by atoms with Crippen molar-refractivity contribution in [1.82, 2.24) is 39.9 Å². The van der Waals surface area contributed by atoms with Gasteiger partial charge in [0.25, 0.3) is 0 Å². The number of hydrogen-bond donors (Lipinski definition) is 0. The van der Waals surface area contributed by atoms with Crippen LogP contribution in [0.1, 0.15) is 0 Å². The van der Waals surface area contributed by atoms with Crippen molar-refractivity contribution >= 4 is 98.4 Å². The van der Waals surface area contributed by atoms with Crippen molar-refractivity contribution in [3.05, 3.63) is 340 Å². The van der Waals surface area contributed by atoms with Crippen LogP contribution in [-0.2, 0) is 0 Å². The van der Waals surface area contributed by atoms with E-state index >= 15 is 0 Å². The second kappa shape index (κ2) is 25.3. The summed E-state index contributed by atoms with van der Waals surface area (Å²) in [5.74, 6) is 4.20. The fraction of sp³-hybridized carbons (Fsp3) is 0. The van der Waals surface area contributed by atoms with Crippen molar-refractivity contribution in [3.63, 3.8) is 0 Å². The SMILES string of the molecule is c1ccc(-c2ccc(-c3nc(-c4ccc5ccccc5c4)nc(-c4ccc5oc6cc7nc(-c8ccc9cc(-c%10ccc(-c%11ccc(-c%12ccc(-c%13nc(-c%14ccccc%14)nc(-c%14c%15nc(-c%16ccc%17ccccc%17c%16)oc%15cc%15c%14oc%14ccccc%14%15)n%13)cc%12)cc%11)cc%10)ccc9c8)oc7cc6c5c4)n3)cc2)cc1. The first-order valence-electron chi connectivity index (χ1n) is 36.5. The molecule has 0 saturated carbocycles. The Morgan fingerprint density at radius 3 is 1.13 bits per heavy atom. The van der Waals surface area contributed by atoms with E-state index in [0.29, 0.717) is 85.7 Å². The summed E-state index contributed by atoms with van der Waals surface area (Å²) in [5.41, 5.74) is 20.9. The number of furan rings is 2. The summed E-state index contributed by atoms with van der Waals surface area (Å²) in [7, 11) is 0. The Balaban J connectivity index is 0.517. The van der Waals surface area contributed by atoms with Crippen molar-refractivity contribution in [1.29, 1.82) is 0 Å². The molecule has 0 aliphatic rings. The Labute approximate surface area is 627 Å². The highest BCUT2D eigenvalue weighted by atomic mass is 16.4. The normalized spacial score (nSPS) is 11.8. The van der Waals surface area contributed by atoms with Gasteiger partial charge in [-0.15, -0.1) is 0 Å². The van der Waals surface area contributed by atoms with Gasteiger partial charge in [0.1, 0.15) is 33.4 Å². The molecule has 12 nitrogen and oxygen atoms in total. The van der Waals surface area contributed by atoms with Crippen molar-refractivity contribution < 1.29 is 17.7 Å². The molecular weight excluding hydrogens is 1350 g/mol. The van der Waals surface area contributed by atoms with Crippen LogP contribution in [0.3, 0.4) is 0 Å². The van der Waals surface area contributed by atoms with Crippen LogP contribution in [0.5, 0.6) is 0 Å². The molecule has 110 heavy (non-hydrogen) atoms. The number of nitrogens with zero attached hydrogens (tertiary/aromatic N) is 8. The van der Waals surface area contributed by atoms with E-state index < -0.39 is 0 Å². The molecule has 0 aliphatic heterocycles.